The molecule has 1 aromatic heterocycles. The number of aromatic nitrogens is 2. The van der Waals surface area contributed by atoms with Gasteiger partial charge in [0.25, 0.3) is 0 Å². The molecular formula is C20H30FN5OS. The summed E-state index contributed by atoms with van der Waals surface area (Å²) >= 11 is 1.68. The highest BCUT2D eigenvalue weighted by Crippen LogP contribution is 2.17. The molecule has 154 valence electrons. The molecule has 0 spiro atoms. The van der Waals surface area contributed by atoms with E-state index in [1.807, 2.05) is 23.9 Å². The monoisotopic (exact) mass is 407 g/mol. The van der Waals surface area contributed by atoms with Gasteiger partial charge in [-0.25, -0.2) is 4.39 Å². The van der Waals surface area contributed by atoms with Crippen LogP contribution in [0.15, 0.2) is 23.2 Å². The van der Waals surface area contributed by atoms with Crippen molar-refractivity contribution in [2.45, 2.75) is 39.2 Å². The first kappa shape index (κ1) is 22.2. The molecule has 0 fully saturated rings. The zero-order valence-electron chi connectivity index (χ0n) is 17.3. The fraction of sp³-hybridized carbons (Fsp3) is 0.500. The smallest absolute Gasteiger partial charge is 0.191 e. The van der Waals surface area contributed by atoms with Crippen molar-refractivity contribution in [1.82, 2.24) is 20.4 Å². The number of nitrogens with zero attached hydrogens (tertiary/aromatic N) is 3. The molecule has 6 nitrogen and oxygen atoms in total. The Balaban J connectivity index is 1.98. The molecule has 0 radical (unpaired) electrons. The van der Waals surface area contributed by atoms with Crippen molar-refractivity contribution in [3.05, 3.63) is 52.1 Å². The number of nitrogens with one attached hydrogen (secondary N) is 2. The lowest BCUT2D eigenvalue weighted by Crippen LogP contribution is -2.36. The number of methoxy groups -OCH3 is 1. The van der Waals surface area contributed by atoms with Crippen LogP contribution in [0.2, 0.25) is 0 Å². The number of thioether (sulfide) groups is 1. The fourth-order valence-electron chi connectivity index (χ4n) is 3.01. The third-order valence-corrected chi connectivity index (χ3v) is 5.21. The van der Waals surface area contributed by atoms with Crippen molar-refractivity contribution in [3.8, 4) is 0 Å². The first-order chi connectivity index (χ1) is 13.5. The molecule has 1 aromatic carbocycles. The summed E-state index contributed by atoms with van der Waals surface area (Å²) in [5, 5.41) is 11.2. The molecular weight excluding hydrogens is 377 g/mol. The van der Waals surface area contributed by atoms with E-state index in [4.69, 9.17) is 4.74 Å². The van der Waals surface area contributed by atoms with E-state index in [1.54, 1.807) is 32.0 Å². The van der Waals surface area contributed by atoms with Crippen LogP contribution >= 0.6 is 11.8 Å². The molecule has 0 aliphatic carbocycles. The molecule has 0 unspecified atom stereocenters. The lowest BCUT2D eigenvalue weighted by Gasteiger charge is -2.14. The number of hydrogen-bond donors (Lipinski definition) is 2. The van der Waals surface area contributed by atoms with Gasteiger partial charge in [-0.1, -0.05) is 6.07 Å². The highest BCUT2D eigenvalue weighted by molar-refractivity contribution is 7.97. The summed E-state index contributed by atoms with van der Waals surface area (Å²) in [4.78, 5) is 4.30. The van der Waals surface area contributed by atoms with Gasteiger partial charge in [0, 0.05) is 44.3 Å². The van der Waals surface area contributed by atoms with Gasteiger partial charge in [0.15, 0.2) is 5.96 Å². The molecule has 0 aliphatic heterocycles. The van der Waals surface area contributed by atoms with Gasteiger partial charge in [-0.2, -0.15) is 16.9 Å². The van der Waals surface area contributed by atoms with Crippen LogP contribution < -0.4 is 10.6 Å². The topological polar surface area (TPSA) is 63.5 Å². The maximum atomic E-state index is 13.5. The molecule has 0 saturated heterocycles. The molecule has 8 heteroatoms. The first-order valence-electron chi connectivity index (χ1n) is 9.22. The van der Waals surface area contributed by atoms with Gasteiger partial charge in [0.1, 0.15) is 5.82 Å². The maximum absolute atomic E-state index is 13.5. The Morgan fingerprint density at radius 1 is 1.25 bits per heavy atom. The molecule has 2 rings (SSSR count). The Bertz CT molecular complexity index is 806. The van der Waals surface area contributed by atoms with Gasteiger partial charge in [0.2, 0.25) is 0 Å². The van der Waals surface area contributed by atoms with E-state index >= 15 is 0 Å². The molecule has 2 aromatic rings. The van der Waals surface area contributed by atoms with Crippen LogP contribution in [0.1, 0.15) is 28.1 Å². The average molecular weight is 408 g/mol. The van der Waals surface area contributed by atoms with Gasteiger partial charge < -0.3 is 15.4 Å². The van der Waals surface area contributed by atoms with E-state index in [0.717, 1.165) is 40.4 Å². The first-order valence-corrected chi connectivity index (χ1v) is 10.6. The van der Waals surface area contributed by atoms with Gasteiger partial charge in [0.05, 0.1) is 18.8 Å². The van der Waals surface area contributed by atoms with Crippen LogP contribution in [0.4, 0.5) is 4.39 Å². The third kappa shape index (κ3) is 5.97. The second kappa shape index (κ2) is 11.1. The van der Waals surface area contributed by atoms with Gasteiger partial charge >= 0.3 is 0 Å². The summed E-state index contributed by atoms with van der Waals surface area (Å²) in [7, 11) is 3.43. The number of aryl methyl sites for hydroxylation is 1. The Kier molecular flexibility index (Phi) is 8.79. The highest BCUT2D eigenvalue weighted by Gasteiger charge is 2.12. The van der Waals surface area contributed by atoms with Crippen molar-refractivity contribution >= 4 is 17.7 Å². The number of rotatable bonds is 9. The van der Waals surface area contributed by atoms with Crippen LogP contribution in [-0.2, 0) is 30.1 Å². The third-order valence-electron chi connectivity index (χ3n) is 4.61. The quantitative estimate of drug-likeness (QED) is 0.494. The summed E-state index contributed by atoms with van der Waals surface area (Å²) in [5.74, 6) is 1.27. The van der Waals surface area contributed by atoms with Gasteiger partial charge in [-0.3, -0.25) is 9.67 Å². The largest absolute Gasteiger partial charge is 0.383 e. The lowest BCUT2D eigenvalue weighted by atomic mass is 10.1. The number of benzene rings is 1. The molecule has 0 amide bonds. The van der Waals surface area contributed by atoms with E-state index in [1.165, 1.54) is 6.07 Å². The number of hydrogen-bond acceptors (Lipinski definition) is 4. The average Bonchev–Trinajstić information content (AvgIpc) is 2.95. The van der Waals surface area contributed by atoms with Crippen LogP contribution in [0.5, 0.6) is 0 Å². The number of halogens is 1. The summed E-state index contributed by atoms with van der Waals surface area (Å²) < 4.78 is 20.6. The van der Waals surface area contributed by atoms with Gasteiger partial charge in [-0.15, -0.1) is 0 Å². The predicted molar refractivity (Wildman–Crippen MR) is 114 cm³/mol. The van der Waals surface area contributed by atoms with Crippen LogP contribution in [0.25, 0.3) is 0 Å². The standard InChI is InChI=1S/C20H30FN5OS/c1-14-19(15(2)26(25-14)8-9-27-4)12-24-20(22-3)23-11-16-6-7-18(21)10-17(16)13-28-5/h6-7,10H,8-9,11-13H2,1-5H3,(H2,22,23,24). The van der Waals surface area contributed by atoms with E-state index in [9.17, 15) is 4.39 Å². The zero-order valence-corrected chi connectivity index (χ0v) is 18.1. The fourth-order valence-corrected chi connectivity index (χ4v) is 3.59. The molecule has 28 heavy (non-hydrogen) atoms. The normalized spacial score (nSPS) is 11.7. The van der Waals surface area contributed by atoms with Crippen LogP contribution in [-0.4, -0.2) is 42.8 Å². The predicted octanol–water partition coefficient (Wildman–Crippen LogP) is 3.01. The second-order valence-corrected chi connectivity index (χ2v) is 7.36. The van der Waals surface area contributed by atoms with E-state index in [2.05, 4.69) is 27.6 Å². The number of ether oxygens (including phenoxy) is 1. The summed E-state index contributed by atoms with van der Waals surface area (Å²) in [5.41, 5.74) is 5.35. The Morgan fingerprint density at radius 2 is 2.00 bits per heavy atom. The van der Waals surface area contributed by atoms with Crippen molar-refractivity contribution in [1.29, 1.82) is 0 Å². The molecule has 0 bridgehead atoms. The zero-order chi connectivity index (χ0) is 20.5. The minimum Gasteiger partial charge on any atom is -0.383 e. The SMILES string of the molecule is CN=C(NCc1ccc(F)cc1CSC)NCc1c(C)nn(CCOC)c1C. The Hall–Kier alpha value is -2.06. The van der Waals surface area contributed by atoms with E-state index in [0.29, 0.717) is 25.7 Å². The molecule has 2 N–H and O–H groups in total. The van der Waals surface area contributed by atoms with Crippen molar-refractivity contribution in [3.63, 3.8) is 0 Å². The molecule has 0 aliphatic rings. The summed E-state index contributed by atoms with van der Waals surface area (Å²) in [6.45, 7) is 6.66. The molecule has 0 atom stereocenters. The van der Waals surface area contributed by atoms with Crippen molar-refractivity contribution in [2.75, 3.05) is 27.0 Å². The van der Waals surface area contributed by atoms with Crippen LogP contribution in [0.3, 0.4) is 0 Å². The van der Waals surface area contributed by atoms with Gasteiger partial charge in [-0.05, 0) is 43.4 Å². The van der Waals surface area contributed by atoms with Crippen molar-refractivity contribution < 1.29 is 9.13 Å². The second-order valence-electron chi connectivity index (χ2n) is 6.49. The molecule has 0 saturated carbocycles. The summed E-state index contributed by atoms with van der Waals surface area (Å²) in [6, 6.07) is 4.93. The number of aliphatic imine (C=N–C) groups is 1. The Labute approximate surface area is 171 Å². The highest BCUT2D eigenvalue weighted by atomic mass is 32.2. The minimum absolute atomic E-state index is 0.202. The molecule has 1 heterocycles. The maximum Gasteiger partial charge on any atom is 0.191 e. The van der Waals surface area contributed by atoms with E-state index < -0.39 is 0 Å². The summed E-state index contributed by atoms with van der Waals surface area (Å²) in [6.07, 6.45) is 2.01. The van der Waals surface area contributed by atoms with Crippen LogP contribution in [0, 0.1) is 19.7 Å². The minimum atomic E-state index is -0.202. The lowest BCUT2D eigenvalue weighted by molar-refractivity contribution is 0.182. The Morgan fingerprint density at radius 3 is 2.68 bits per heavy atom. The van der Waals surface area contributed by atoms with E-state index in [-0.39, 0.29) is 5.82 Å². The van der Waals surface area contributed by atoms with Crippen molar-refractivity contribution in [2.24, 2.45) is 4.99 Å². The number of guanidine groups is 1.